The van der Waals surface area contributed by atoms with Gasteiger partial charge in [0.15, 0.2) is 0 Å². The monoisotopic (exact) mass is 349 g/mol. The minimum absolute atomic E-state index is 0.0713. The first-order chi connectivity index (χ1) is 12.7. The Morgan fingerprint density at radius 2 is 1.77 bits per heavy atom. The summed E-state index contributed by atoms with van der Waals surface area (Å²) in [6.45, 7) is 0.546. The zero-order chi connectivity index (χ0) is 18.4. The summed E-state index contributed by atoms with van der Waals surface area (Å²) in [5.41, 5.74) is 3.24. The van der Waals surface area contributed by atoms with Crippen LogP contribution in [-0.4, -0.2) is 33.9 Å². The summed E-state index contributed by atoms with van der Waals surface area (Å²) in [4.78, 5) is 12.8. The summed E-state index contributed by atoms with van der Waals surface area (Å²) in [5.74, 6) is -0.0854. The quantitative estimate of drug-likeness (QED) is 0.689. The first-order valence-corrected chi connectivity index (χ1v) is 8.72. The van der Waals surface area contributed by atoms with Crippen molar-refractivity contribution in [1.82, 2.24) is 15.1 Å². The third kappa shape index (κ3) is 4.18. The summed E-state index contributed by atoms with van der Waals surface area (Å²) in [5, 5.41) is 16.8. The number of carbonyl (C=O) groups excluding carboxylic acids is 1. The average Bonchev–Trinajstić information content (AvgIpc) is 3.08. The first kappa shape index (κ1) is 17.9. The summed E-state index contributed by atoms with van der Waals surface area (Å²) >= 11 is 0. The number of nitrogens with zero attached hydrogens (tertiary/aromatic N) is 2. The third-order valence-corrected chi connectivity index (χ3v) is 4.38. The lowest BCUT2D eigenvalue weighted by molar-refractivity contribution is 0.0950. The molecular weight excluding hydrogens is 326 g/mol. The Hall–Kier alpha value is -2.92. The predicted molar refractivity (Wildman–Crippen MR) is 102 cm³/mol. The van der Waals surface area contributed by atoms with Crippen molar-refractivity contribution in [3.63, 3.8) is 0 Å². The Balaban J connectivity index is 1.76. The highest BCUT2D eigenvalue weighted by Crippen LogP contribution is 2.22. The molecule has 1 amide bonds. The van der Waals surface area contributed by atoms with Crippen LogP contribution in [0, 0.1) is 0 Å². The number of aromatic nitrogens is 2. The van der Waals surface area contributed by atoms with Gasteiger partial charge in [0.2, 0.25) is 0 Å². The number of carbonyl (C=O) groups is 1. The number of rotatable bonds is 7. The van der Waals surface area contributed by atoms with E-state index in [0.29, 0.717) is 24.2 Å². The molecule has 26 heavy (non-hydrogen) atoms. The summed E-state index contributed by atoms with van der Waals surface area (Å²) < 4.78 is 1.65. The number of benzene rings is 2. The zero-order valence-corrected chi connectivity index (χ0v) is 14.8. The highest BCUT2D eigenvalue weighted by Gasteiger charge is 2.19. The SMILES string of the molecule is Cn1cc(C(=O)NCC(CCO)c2ccccc2)c(-c2ccccc2)n1. The van der Waals surface area contributed by atoms with Gasteiger partial charge in [-0.25, -0.2) is 0 Å². The Kier molecular flexibility index (Phi) is 5.81. The maximum Gasteiger partial charge on any atom is 0.255 e. The molecule has 0 spiro atoms. The van der Waals surface area contributed by atoms with Gasteiger partial charge in [-0.05, 0) is 12.0 Å². The number of aliphatic hydroxyl groups excluding tert-OH is 1. The second-order valence-electron chi connectivity index (χ2n) is 6.26. The molecule has 134 valence electrons. The van der Waals surface area contributed by atoms with E-state index in [2.05, 4.69) is 10.4 Å². The van der Waals surface area contributed by atoms with Crippen LogP contribution in [0.5, 0.6) is 0 Å². The van der Waals surface area contributed by atoms with Gasteiger partial charge < -0.3 is 10.4 Å². The van der Waals surface area contributed by atoms with Gasteiger partial charge in [-0.3, -0.25) is 9.48 Å². The van der Waals surface area contributed by atoms with E-state index in [0.717, 1.165) is 11.1 Å². The lowest BCUT2D eigenvalue weighted by Gasteiger charge is -2.17. The highest BCUT2D eigenvalue weighted by atomic mass is 16.3. The van der Waals surface area contributed by atoms with Crippen LogP contribution in [0.4, 0.5) is 0 Å². The van der Waals surface area contributed by atoms with Crippen molar-refractivity contribution in [2.45, 2.75) is 12.3 Å². The van der Waals surface area contributed by atoms with Crippen LogP contribution in [0.3, 0.4) is 0 Å². The summed E-state index contributed by atoms with van der Waals surface area (Å²) in [7, 11) is 1.81. The van der Waals surface area contributed by atoms with Gasteiger partial charge in [-0.15, -0.1) is 0 Å². The molecule has 0 aliphatic rings. The Labute approximate surface area is 153 Å². The van der Waals surface area contributed by atoms with Crippen molar-refractivity contribution in [2.24, 2.45) is 7.05 Å². The van der Waals surface area contributed by atoms with E-state index >= 15 is 0 Å². The number of hydrogen-bond acceptors (Lipinski definition) is 3. The van der Waals surface area contributed by atoms with E-state index in [9.17, 15) is 9.90 Å². The number of aryl methyl sites for hydroxylation is 1. The van der Waals surface area contributed by atoms with Gasteiger partial charge >= 0.3 is 0 Å². The van der Waals surface area contributed by atoms with Crippen molar-refractivity contribution >= 4 is 5.91 Å². The van der Waals surface area contributed by atoms with E-state index in [1.165, 1.54) is 0 Å². The number of amides is 1. The summed E-state index contributed by atoms with van der Waals surface area (Å²) in [6, 6.07) is 19.6. The van der Waals surface area contributed by atoms with Crippen LogP contribution >= 0.6 is 0 Å². The van der Waals surface area contributed by atoms with Crippen LogP contribution < -0.4 is 5.32 Å². The maximum atomic E-state index is 12.8. The van der Waals surface area contributed by atoms with E-state index < -0.39 is 0 Å². The van der Waals surface area contributed by atoms with Gasteiger partial charge in [0.1, 0.15) is 5.69 Å². The molecule has 0 fully saturated rings. The molecule has 0 radical (unpaired) electrons. The molecule has 2 N–H and O–H groups in total. The Morgan fingerprint density at radius 1 is 1.12 bits per heavy atom. The fourth-order valence-corrected chi connectivity index (χ4v) is 3.04. The van der Waals surface area contributed by atoms with Gasteiger partial charge in [-0.1, -0.05) is 60.7 Å². The Bertz CT molecular complexity index is 844. The van der Waals surface area contributed by atoms with Crippen molar-refractivity contribution in [3.8, 4) is 11.3 Å². The average molecular weight is 349 g/mol. The number of hydrogen-bond donors (Lipinski definition) is 2. The molecule has 0 saturated carbocycles. The van der Waals surface area contributed by atoms with E-state index in [1.54, 1.807) is 10.9 Å². The molecule has 5 nitrogen and oxygen atoms in total. The van der Waals surface area contributed by atoms with E-state index in [1.807, 2.05) is 67.7 Å². The molecule has 2 aromatic carbocycles. The highest BCUT2D eigenvalue weighted by molar-refractivity contribution is 5.99. The molecule has 1 heterocycles. The van der Waals surface area contributed by atoms with Crippen LogP contribution in [0.15, 0.2) is 66.9 Å². The van der Waals surface area contributed by atoms with Crippen molar-refractivity contribution < 1.29 is 9.90 Å². The molecule has 1 aromatic heterocycles. The molecule has 5 heteroatoms. The predicted octanol–water partition coefficient (Wildman–Crippen LogP) is 2.98. The minimum Gasteiger partial charge on any atom is -0.396 e. The lowest BCUT2D eigenvalue weighted by atomic mass is 9.96. The molecule has 3 rings (SSSR count). The van der Waals surface area contributed by atoms with Gasteiger partial charge in [0, 0.05) is 37.9 Å². The fourth-order valence-electron chi connectivity index (χ4n) is 3.04. The van der Waals surface area contributed by atoms with Gasteiger partial charge in [0.05, 0.1) is 5.56 Å². The zero-order valence-electron chi connectivity index (χ0n) is 14.8. The second-order valence-corrected chi connectivity index (χ2v) is 6.26. The normalized spacial score (nSPS) is 11.9. The fraction of sp³-hybridized carbons (Fsp3) is 0.238. The van der Waals surface area contributed by atoms with Gasteiger partial charge in [0.25, 0.3) is 5.91 Å². The van der Waals surface area contributed by atoms with Crippen LogP contribution in [0.1, 0.15) is 28.3 Å². The third-order valence-electron chi connectivity index (χ3n) is 4.38. The molecule has 1 unspecified atom stereocenters. The molecule has 0 aliphatic heterocycles. The molecule has 0 saturated heterocycles. The smallest absolute Gasteiger partial charge is 0.255 e. The molecule has 0 aliphatic carbocycles. The molecular formula is C21H23N3O2. The maximum absolute atomic E-state index is 12.8. The van der Waals surface area contributed by atoms with E-state index in [4.69, 9.17) is 0 Å². The van der Waals surface area contributed by atoms with Crippen LogP contribution in [0.25, 0.3) is 11.3 Å². The van der Waals surface area contributed by atoms with Crippen molar-refractivity contribution in [3.05, 3.63) is 78.0 Å². The molecule has 1 atom stereocenters. The van der Waals surface area contributed by atoms with Crippen LogP contribution in [0.2, 0.25) is 0 Å². The molecule has 3 aromatic rings. The number of nitrogens with one attached hydrogen (secondary N) is 1. The van der Waals surface area contributed by atoms with Gasteiger partial charge in [-0.2, -0.15) is 5.10 Å². The lowest BCUT2D eigenvalue weighted by Crippen LogP contribution is -2.29. The number of aliphatic hydroxyl groups is 1. The van der Waals surface area contributed by atoms with Crippen molar-refractivity contribution in [2.75, 3.05) is 13.2 Å². The van der Waals surface area contributed by atoms with E-state index in [-0.39, 0.29) is 18.4 Å². The van der Waals surface area contributed by atoms with Crippen LogP contribution in [-0.2, 0) is 7.05 Å². The topological polar surface area (TPSA) is 67.2 Å². The Morgan fingerprint density at radius 3 is 2.42 bits per heavy atom. The second kappa shape index (κ2) is 8.45. The van der Waals surface area contributed by atoms with Crippen molar-refractivity contribution in [1.29, 1.82) is 0 Å². The summed E-state index contributed by atoms with van der Waals surface area (Å²) in [6.07, 6.45) is 2.34. The molecule has 0 bridgehead atoms. The standard InChI is InChI=1S/C21H23N3O2/c1-24-15-19(20(23-24)17-10-6-3-7-11-17)21(26)22-14-18(12-13-25)16-8-4-2-5-9-16/h2-11,15,18,25H,12-14H2,1H3,(H,22,26). The largest absolute Gasteiger partial charge is 0.396 e. The minimum atomic E-state index is -0.157. The first-order valence-electron chi connectivity index (χ1n) is 8.72.